The smallest absolute Gasteiger partial charge is 0.148 e. The summed E-state index contributed by atoms with van der Waals surface area (Å²) in [6, 6.07) is -0.157. The van der Waals surface area contributed by atoms with Crippen LogP contribution in [0.15, 0.2) is 0 Å². The molecule has 32 heavy (non-hydrogen) atoms. The third kappa shape index (κ3) is 1.76. The van der Waals surface area contributed by atoms with E-state index in [0.717, 1.165) is 25.9 Å². The zero-order valence-corrected chi connectivity index (χ0v) is 19.3. The number of ether oxygens (including phenoxy) is 4. The van der Waals surface area contributed by atoms with E-state index in [1.165, 1.54) is 0 Å². The fraction of sp³-hybridized carbons (Fsp3) is 1.00. The van der Waals surface area contributed by atoms with Gasteiger partial charge in [0.1, 0.15) is 18.0 Å². The van der Waals surface area contributed by atoms with Crippen LogP contribution >= 0.6 is 0 Å². The van der Waals surface area contributed by atoms with Crippen molar-refractivity contribution in [2.45, 2.75) is 80.2 Å². The average molecular weight is 452 g/mol. The third-order valence-electron chi connectivity index (χ3n) is 11.6. The van der Waals surface area contributed by atoms with Gasteiger partial charge >= 0.3 is 0 Å². The Kier molecular flexibility index (Phi) is 3.99. The van der Waals surface area contributed by atoms with Gasteiger partial charge in [0.05, 0.1) is 36.6 Å². The highest BCUT2D eigenvalue weighted by atomic mass is 16.7. The van der Waals surface area contributed by atoms with E-state index in [1.54, 1.807) is 14.2 Å². The van der Waals surface area contributed by atoms with Crippen molar-refractivity contribution in [2.75, 3.05) is 40.7 Å². The van der Waals surface area contributed by atoms with Crippen LogP contribution in [0.2, 0.25) is 0 Å². The Balaban J connectivity index is 1.56. The largest absolute Gasteiger partial charge is 0.393 e. The molecule has 2 saturated heterocycles. The summed E-state index contributed by atoms with van der Waals surface area (Å²) in [5.74, 6) is -0.437. The lowest BCUT2D eigenvalue weighted by Crippen LogP contribution is -2.85. The van der Waals surface area contributed by atoms with Gasteiger partial charge < -0.3 is 34.3 Å². The van der Waals surface area contributed by atoms with Gasteiger partial charge in [-0.25, -0.2) is 0 Å². The predicted octanol–water partition coefficient (Wildman–Crippen LogP) is 0.127. The molecule has 180 valence electrons. The van der Waals surface area contributed by atoms with Gasteiger partial charge in [-0.3, -0.25) is 4.90 Å². The normalized spacial score (nSPS) is 64.1. The summed E-state index contributed by atoms with van der Waals surface area (Å²) in [5.41, 5.74) is -3.61. The van der Waals surface area contributed by atoms with Crippen LogP contribution in [0, 0.1) is 28.6 Å². The van der Waals surface area contributed by atoms with E-state index >= 15 is 0 Å². The van der Waals surface area contributed by atoms with Gasteiger partial charge in [-0.2, -0.15) is 0 Å². The van der Waals surface area contributed by atoms with Crippen molar-refractivity contribution in [1.29, 1.82) is 0 Å². The number of aliphatic hydroxyl groups is 3. The van der Waals surface area contributed by atoms with Gasteiger partial charge in [-0.15, -0.1) is 0 Å². The molecule has 8 heteroatoms. The lowest BCUT2D eigenvalue weighted by molar-refractivity contribution is -0.332. The molecule has 0 aromatic carbocycles. The van der Waals surface area contributed by atoms with Crippen LogP contribution in [0.4, 0.5) is 0 Å². The standard InChI is InChI=1S/C24H37NO7/c1-4-25-10-20(11-29-2)6-5-16(27)24-15(20)9-23(19(24)25)22(31-12-32-23)8-14(26)13-7-21(24,28)18(22)17(13)30-3/h13-19,26-28H,4-12H2,1-3H3/t13-,14+,15-,16+,17+,18+,19-,20+,21+,22-,23-,24+/m1/s1. The number of aliphatic hydroxyl groups excluding tert-OH is 2. The van der Waals surface area contributed by atoms with Gasteiger partial charge in [-0.1, -0.05) is 6.92 Å². The maximum Gasteiger partial charge on any atom is 0.148 e. The summed E-state index contributed by atoms with van der Waals surface area (Å²) in [5, 5.41) is 36.2. The average Bonchev–Trinajstić information content (AvgIpc) is 3.33. The maximum atomic E-state index is 13.0. The Labute approximate surface area is 189 Å². The molecule has 7 fully saturated rings. The fourth-order valence-electron chi connectivity index (χ4n) is 11.1. The SMILES string of the molecule is CCN1C[C@]2(COC)CC[C@H](O)[C@]34[C@@H]2C[C@@]2(OCO[C@@]25C[C@H](O)[C@H]2C[C@]3(O)[C@@H]5[C@H]2OC)[C@@H]14. The van der Waals surface area contributed by atoms with E-state index in [2.05, 4.69) is 11.8 Å². The number of piperidine rings is 1. The molecular weight excluding hydrogens is 414 g/mol. The minimum atomic E-state index is -1.20. The van der Waals surface area contributed by atoms with Crippen molar-refractivity contribution in [3.8, 4) is 0 Å². The molecular formula is C24H37NO7. The molecule has 5 saturated carbocycles. The van der Waals surface area contributed by atoms with Gasteiger partial charge in [0, 0.05) is 49.9 Å². The van der Waals surface area contributed by atoms with E-state index in [4.69, 9.17) is 18.9 Å². The third-order valence-corrected chi connectivity index (χ3v) is 11.6. The van der Waals surface area contributed by atoms with Crippen molar-refractivity contribution in [1.82, 2.24) is 4.90 Å². The van der Waals surface area contributed by atoms with Crippen molar-refractivity contribution in [2.24, 2.45) is 28.6 Å². The van der Waals surface area contributed by atoms with Crippen molar-refractivity contribution < 1.29 is 34.3 Å². The van der Waals surface area contributed by atoms with Crippen molar-refractivity contribution in [3.05, 3.63) is 0 Å². The number of rotatable bonds is 4. The molecule has 3 spiro atoms. The predicted molar refractivity (Wildman–Crippen MR) is 112 cm³/mol. The number of likely N-dealkylation sites (N-methyl/N-ethyl adjacent to an activating group) is 1. The van der Waals surface area contributed by atoms with Gasteiger partial charge in [0.15, 0.2) is 0 Å². The molecule has 8 nitrogen and oxygen atoms in total. The summed E-state index contributed by atoms with van der Waals surface area (Å²) < 4.78 is 25.1. The van der Waals surface area contributed by atoms with Crippen LogP contribution in [0.1, 0.15) is 39.0 Å². The maximum absolute atomic E-state index is 13.0. The quantitative estimate of drug-likeness (QED) is 0.555. The summed E-state index contributed by atoms with van der Waals surface area (Å²) in [7, 11) is 3.44. The molecule has 7 bridgehead atoms. The van der Waals surface area contributed by atoms with E-state index in [9.17, 15) is 15.3 Å². The van der Waals surface area contributed by atoms with Gasteiger partial charge in [-0.05, 0) is 38.1 Å². The van der Waals surface area contributed by atoms with Crippen LogP contribution in [-0.2, 0) is 18.9 Å². The Morgan fingerprint density at radius 3 is 2.59 bits per heavy atom. The second kappa shape index (κ2) is 6.08. The molecule has 2 aliphatic heterocycles. The van der Waals surface area contributed by atoms with Crippen LogP contribution in [0.3, 0.4) is 0 Å². The zero-order valence-electron chi connectivity index (χ0n) is 19.3. The topological polar surface area (TPSA) is 101 Å². The first-order valence-electron chi connectivity index (χ1n) is 12.4. The Hall–Kier alpha value is -0.320. The number of hydrogen-bond acceptors (Lipinski definition) is 8. The molecule has 3 N–H and O–H groups in total. The summed E-state index contributed by atoms with van der Waals surface area (Å²) >= 11 is 0. The molecule has 0 aromatic rings. The van der Waals surface area contributed by atoms with E-state index in [0.29, 0.717) is 25.9 Å². The highest BCUT2D eigenvalue weighted by Crippen LogP contribution is 2.83. The Morgan fingerprint density at radius 2 is 1.88 bits per heavy atom. The number of hydrogen-bond donors (Lipinski definition) is 3. The Bertz CT molecular complexity index is 843. The first-order chi connectivity index (χ1) is 15.3. The zero-order chi connectivity index (χ0) is 22.3. The monoisotopic (exact) mass is 451 g/mol. The minimum Gasteiger partial charge on any atom is -0.393 e. The first kappa shape index (κ1) is 21.0. The Morgan fingerprint density at radius 1 is 1.09 bits per heavy atom. The molecule has 0 amide bonds. The second-order valence-electron chi connectivity index (χ2n) is 11.9. The van der Waals surface area contributed by atoms with Crippen LogP contribution in [0.5, 0.6) is 0 Å². The fourth-order valence-corrected chi connectivity index (χ4v) is 11.1. The van der Waals surface area contributed by atoms with E-state index in [1.807, 2.05) is 0 Å². The molecule has 0 radical (unpaired) electrons. The summed E-state index contributed by atoms with van der Waals surface area (Å²) in [6.07, 6.45) is 1.55. The highest BCUT2D eigenvalue weighted by Gasteiger charge is 2.94. The molecule has 7 rings (SSSR count). The minimum absolute atomic E-state index is 0.0640. The van der Waals surface area contributed by atoms with Crippen LogP contribution < -0.4 is 0 Å². The number of nitrogens with zero attached hydrogens (tertiary/aromatic N) is 1. The molecule has 5 aliphatic carbocycles. The van der Waals surface area contributed by atoms with Crippen molar-refractivity contribution >= 4 is 0 Å². The lowest BCUT2D eigenvalue weighted by Gasteiger charge is -2.72. The number of fused-ring (bicyclic) bond motifs is 1. The molecule has 12 atom stereocenters. The molecule has 7 aliphatic rings. The molecule has 2 heterocycles. The summed E-state index contributed by atoms with van der Waals surface area (Å²) in [4.78, 5) is 2.45. The number of methoxy groups -OCH3 is 2. The lowest BCUT2D eigenvalue weighted by atomic mass is 9.41. The summed E-state index contributed by atoms with van der Waals surface area (Å²) in [6.45, 7) is 4.61. The van der Waals surface area contributed by atoms with E-state index < -0.39 is 34.4 Å². The first-order valence-corrected chi connectivity index (χ1v) is 12.4. The molecule has 0 unspecified atom stereocenters. The highest BCUT2D eigenvalue weighted by molar-refractivity contribution is 5.44. The molecule has 0 aromatic heterocycles. The van der Waals surface area contributed by atoms with Crippen LogP contribution in [0.25, 0.3) is 0 Å². The van der Waals surface area contributed by atoms with Gasteiger partial charge in [0.25, 0.3) is 0 Å². The van der Waals surface area contributed by atoms with E-state index in [-0.39, 0.29) is 42.1 Å². The second-order valence-corrected chi connectivity index (χ2v) is 11.9. The van der Waals surface area contributed by atoms with Crippen LogP contribution in [-0.4, -0.2) is 102 Å². The number of likely N-dealkylation sites (tertiary alicyclic amines) is 1. The van der Waals surface area contributed by atoms with Gasteiger partial charge in [0.2, 0.25) is 0 Å². The van der Waals surface area contributed by atoms with Crippen molar-refractivity contribution in [3.63, 3.8) is 0 Å².